The van der Waals surface area contributed by atoms with Gasteiger partial charge >= 0.3 is 0 Å². The van der Waals surface area contributed by atoms with Crippen molar-refractivity contribution in [2.24, 2.45) is 5.73 Å². The highest BCUT2D eigenvalue weighted by atomic mass is 32.2. The Balaban J connectivity index is 1.66. The number of carbonyl (C=O) groups is 1. The first-order valence-corrected chi connectivity index (χ1v) is 12.3. The fraction of sp³-hybridized carbons (Fsp3) is 0.0870. The Morgan fingerprint density at radius 2 is 1.88 bits per heavy atom. The number of thiazole rings is 1. The van der Waals surface area contributed by atoms with Crippen molar-refractivity contribution < 1.29 is 4.79 Å². The van der Waals surface area contributed by atoms with Crippen molar-refractivity contribution in [3.8, 4) is 22.6 Å². The molecular formula is C23H17N5OS3. The number of fused-ring (bicyclic) bond motifs is 1. The number of benzene rings is 1. The molecule has 0 bridgehead atoms. The quantitative estimate of drug-likeness (QED) is 0.332. The second-order valence-electron chi connectivity index (χ2n) is 7.00. The first kappa shape index (κ1) is 20.7. The van der Waals surface area contributed by atoms with Crippen molar-refractivity contribution in [2.75, 3.05) is 0 Å². The second kappa shape index (κ2) is 8.78. The lowest BCUT2D eigenvalue weighted by atomic mass is 10.1. The van der Waals surface area contributed by atoms with Crippen LogP contribution in [0.2, 0.25) is 0 Å². The maximum Gasteiger partial charge on any atom is 0.222 e. The minimum Gasteiger partial charge on any atom is -0.369 e. The number of carbonyl (C=O) groups excluding carboxylic acids is 1. The molecule has 0 aliphatic heterocycles. The van der Waals surface area contributed by atoms with E-state index in [0.717, 1.165) is 47.0 Å². The number of aromatic nitrogens is 4. The van der Waals surface area contributed by atoms with Gasteiger partial charge in [0.1, 0.15) is 15.6 Å². The van der Waals surface area contributed by atoms with E-state index in [1.54, 1.807) is 17.5 Å². The standard InChI is InChI=1S/C23H17N5OS3/c1-13-17(11-18(24)29)31-23(26-13)32-22-19-15(14-7-3-2-4-8-14)12-30-21(19)27-20(28-22)16-9-5-6-10-25-16/h2-10,12H,11H2,1H3,(H2,24,29). The van der Waals surface area contributed by atoms with Crippen molar-refractivity contribution in [3.05, 3.63) is 70.7 Å². The van der Waals surface area contributed by atoms with Crippen LogP contribution in [0.25, 0.3) is 32.9 Å². The van der Waals surface area contributed by atoms with Gasteiger partial charge in [-0.1, -0.05) is 36.4 Å². The van der Waals surface area contributed by atoms with E-state index in [0.29, 0.717) is 5.82 Å². The fourth-order valence-corrected chi connectivity index (χ4v) is 6.58. The summed E-state index contributed by atoms with van der Waals surface area (Å²) in [5, 5.41) is 3.93. The van der Waals surface area contributed by atoms with Gasteiger partial charge in [0, 0.05) is 22.0 Å². The summed E-state index contributed by atoms with van der Waals surface area (Å²) < 4.78 is 0.816. The molecule has 158 valence electrons. The molecule has 0 unspecified atom stereocenters. The fourth-order valence-electron chi connectivity index (χ4n) is 3.27. The van der Waals surface area contributed by atoms with Crippen LogP contribution in [-0.4, -0.2) is 25.8 Å². The van der Waals surface area contributed by atoms with Crippen LogP contribution in [0.1, 0.15) is 10.6 Å². The minimum atomic E-state index is -0.362. The van der Waals surface area contributed by atoms with Gasteiger partial charge < -0.3 is 5.73 Å². The molecule has 6 nitrogen and oxygen atoms in total. The Hall–Kier alpha value is -3.14. The normalized spacial score (nSPS) is 11.2. The molecule has 0 saturated carbocycles. The molecule has 0 atom stereocenters. The second-order valence-corrected chi connectivity index (χ2v) is 10.2. The minimum absolute atomic E-state index is 0.191. The van der Waals surface area contributed by atoms with E-state index in [9.17, 15) is 4.79 Å². The molecule has 0 fully saturated rings. The molecule has 5 rings (SSSR count). The third-order valence-corrected chi connectivity index (χ3v) is 7.85. The number of thiophene rings is 1. The van der Waals surface area contributed by atoms with Crippen LogP contribution in [0.5, 0.6) is 0 Å². The van der Waals surface area contributed by atoms with Gasteiger partial charge in [0.25, 0.3) is 0 Å². The molecule has 2 N–H and O–H groups in total. The number of hydrogen-bond donors (Lipinski definition) is 1. The summed E-state index contributed by atoms with van der Waals surface area (Å²) in [6, 6.07) is 15.9. The summed E-state index contributed by atoms with van der Waals surface area (Å²) in [7, 11) is 0. The number of rotatable bonds is 6. The van der Waals surface area contributed by atoms with Crippen LogP contribution in [0.3, 0.4) is 0 Å². The van der Waals surface area contributed by atoms with Crippen LogP contribution >= 0.6 is 34.4 Å². The lowest BCUT2D eigenvalue weighted by Crippen LogP contribution is -2.13. The van der Waals surface area contributed by atoms with Gasteiger partial charge in [-0.2, -0.15) is 0 Å². The maximum absolute atomic E-state index is 11.4. The highest BCUT2D eigenvalue weighted by molar-refractivity contribution is 8.01. The van der Waals surface area contributed by atoms with E-state index in [-0.39, 0.29) is 12.3 Å². The topological polar surface area (TPSA) is 94.7 Å². The van der Waals surface area contributed by atoms with Crippen LogP contribution < -0.4 is 5.73 Å². The Morgan fingerprint density at radius 1 is 1.06 bits per heavy atom. The lowest BCUT2D eigenvalue weighted by Gasteiger charge is -2.07. The highest BCUT2D eigenvalue weighted by Gasteiger charge is 2.19. The zero-order chi connectivity index (χ0) is 22.1. The third kappa shape index (κ3) is 4.14. The zero-order valence-electron chi connectivity index (χ0n) is 17.0. The number of aryl methyl sites for hydroxylation is 1. The van der Waals surface area contributed by atoms with Crippen molar-refractivity contribution in [2.45, 2.75) is 22.7 Å². The number of pyridine rings is 1. The van der Waals surface area contributed by atoms with Gasteiger partial charge in [0.15, 0.2) is 10.2 Å². The summed E-state index contributed by atoms with van der Waals surface area (Å²) in [5.74, 6) is 0.215. The molecule has 0 saturated heterocycles. The molecule has 5 aromatic rings. The Morgan fingerprint density at radius 3 is 2.62 bits per heavy atom. The molecule has 4 aromatic heterocycles. The van der Waals surface area contributed by atoms with Gasteiger partial charge in [-0.3, -0.25) is 9.78 Å². The van der Waals surface area contributed by atoms with Crippen molar-refractivity contribution in [1.29, 1.82) is 0 Å². The monoisotopic (exact) mass is 475 g/mol. The molecule has 9 heteroatoms. The van der Waals surface area contributed by atoms with E-state index >= 15 is 0 Å². The number of nitrogens with zero attached hydrogens (tertiary/aromatic N) is 4. The summed E-state index contributed by atoms with van der Waals surface area (Å²) in [6.07, 6.45) is 1.93. The van der Waals surface area contributed by atoms with Crippen LogP contribution in [0.4, 0.5) is 0 Å². The van der Waals surface area contributed by atoms with Crippen molar-refractivity contribution in [1.82, 2.24) is 19.9 Å². The molecule has 1 amide bonds. The van der Waals surface area contributed by atoms with Gasteiger partial charge in [0.05, 0.1) is 17.5 Å². The number of nitrogens with two attached hydrogens (primary N) is 1. The number of primary amides is 1. The Kier molecular flexibility index (Phi) is 5.69. The van der Waals surface area contributed by atoms with Crippen molar-refractivity contribution >= 4 is 50.6 Å². The molecule has 4 heterocycles. The Bertz CT molecular complexity index is 1410. The van der Waals surface area contributed by atoms with Gasteiger partial charge in [-0.15, -0.1) is 22.7 Å². The summed E-state index contributed by atoms with van der Waals surface area (Å²) in [6.45, 7) is 1.90. The molecule has 1 aromatic carbocycles. The van der Waals surface area contributed by atoms with Crippen LogP contribution in [-0.2, 0) is 11.2 Å². The molecule has 0 spiro atoms. The van der Waals surface area contributed by atoms with E-state index in [4.69, 9.17) is 15.7 Å². The zero-order valence-corrected chi connectivity index (χ0v) is 19.4. The molecule has 0 aliphatic rings. The number of hydrogen-bond acceptors (Lipinski definition) is 8. The first-order valence-electron chi connectivity index (χ1n) is 9.77. The van der Waals surface area contributed by atoms with E-state index in [2.05, 4.69) is 27.5 Å². The lowest BCUT2D eigenvalue weighted by molar-refractivity contribution is -0.117. The molecule has 0 aliphatic carbocycles. The highest BCUT2D eigenvalue weighted by Crippen LogP contribution is 2.42. The van der Waals surface area contributed by atoms with E-state index < -0.39 is 0 Å². The number of amides is 1. The average Bonchev–Trinajstić information content (AvgIpc) is 3.38. The Labute approximate surface area is 196 Å². The SMILES string of the molecule is Cc1nc(Sc2nc(-c3ccccn3)nc3scc(-c4ccccc4)c23)sc1CC(N)=O. The summed E-state index contributed by atoms with van der Waals surface area (Å²) >= 11 is 4.55. The summed E-state index contributed by atoms with van der Waals surface area (Å²) in [5.41, 5.74) is 9.13. The van der Waals surface area contributed by atoms with E-state index in [1.807, 2.05) is 43.3 Å². The molecule has 32 heavy (non-hydrogen) atoms. The largest absolute Gasteiger partial charge is 0.369 e. The molecule has 0 radical (unpaired) electrons. The predicted octanol–water partition coefficient (Wildman–Crippen LogP) is 5.36. The first-order chi connectivity index (χ1) is 15.6. The van der Waals surface area contributed by atoms with Gasteiger partial charge in [-0.25, -0.2) is 15.0 Å². The maximum atomic E-state index is 11.4. The van der Waals surface area contributed by atoms with Crippen molar-refractivity contribution in [3.63, 3.8) is 0 Å². The van der Waals surface area contributed by atoms with Gasteiger partial charge in [-0.05, 0) is 36.4 Å². The van der Waals surface area contributed by atoms with Crippen LogP contribution in [0, 0.1) is 6.92 Å². The summed E-state index contributed by atoms with van der Waals surface area (Å²) in [4.78, 5) is 32.0. The smallest absolute Gasteiger partial charge is 0.222 e. The van der Waals surface area contributed by atoms with Crippen LogP contribution in [0.15, 0.2) is 69.5 Å². The van der Waals surface area contributed by atoms with E-state index in [1.165, 1.54) is 23.1 Å². The van der Waals surface area contributed by atoms with Gasteiger partial charge in [0.2, 0.25) is 5.91 Å². The average molecular weight is 476 g/mol. The third-order valence-electron chi connectivity index (χ3n) is 4.77. The molecular weight excluding hydrogens is 458 g/mol. The predicted molar refractivity (Wildman–Crippen MR) is 130 cm³/mol.